The summed E-state index contributed by atoms with van der Waals surface area (Å²) in [5, 5.41) is 9.73. The van der Waals surface area contributed by atoms with Gasteiger partial charge in [0.15, 0.2) is 0 Å². The van der Waals surface area contributed by atoms with Crippen LogP contribution in [0.2, 0.25) is 0 Å². The first-order chi connectivity index (χ1) is 7.72. The smallest absolute Gasteiger partial charge is 0.410 e. The van der Waals surface area contributed by atoms with E-state index >= 15 is 0 Å². The molecule has 1 aliphatic heterocycles. The van der Waals surface area contributed by atoms with Crippen molar-refractivity contribution in [3.8, 4) is 0 Å². The molecule has 3 atom stereocenters. The largest absolute Gasteiger partial charge is 0.448 e. The Morgan fingerprint density at radius 2 is 2.31 bits per heavy atom. The minimum absolute atomic E-state index is 0.193. The third kappa shape index (κ3) is 2.32. The van der Waals surface area contributed by atoms with Crippen LogP contribution in [-0.2, 0) is 4.74 Å². The Bertz CT molecular complexity index is 257. The Morgan fingerprint density at radius 1 is 1.50 bits per heavy atom. The zero-order valence-corrected chi connectivity index (χ0v) is 9.89. The molecule has 92 valence electrons. The van der Waals surface area contributed by atoms with Crippen LogP contribution in [0.15, 0.2) is 0 Å². The monoisotopic (exact) mass is 227 g/mol. The van der Waals surface area contributed by atoms with E-state index in [0.717, 1.165) is 32.1 Å². The van der Waals surface area contributed by atoms with E-state index in [1.807, 2.05) is 4.90 Å². The minimum Gasteiger partial charge on any atom is -0.448 e. The van der Waals surface area contributed by atoms with Crippen LogP contribution in [0.3, 0.4) is 0 Å². The number of rotatable bonds is 3. The van der Waals surface area contributed by atoms with Gasteiger partial charge in [0.25, 0.3) is 0 Å². The van der Waals surface area contributed by atoms with Gasteiger partial charge in [0, 0.05) is 6.04 Å². The summed E-state index contributed by atoms with van der Waals surface area (Å²) in [6.07, 6.45) is 4.47. The van der Waals surface area contributed by atoms with Crippen LogP contribution >= 0.6 is 0 Å². The number of nitrogens with zero attached hydrogens (tertiary/aromatic N) is 1. The summed E-state index contributed by atoms with van der Waals surface area (Å²) in [4.78, 5) is 13.4. The van der Waals surface area contributed by atoms with Crippen molar-refractivity contribution in [2.75, 3.05) is 13.2 Å². The number of carbonyl (C=O) groups excluding carboxylic acids is 1. The fourth-order valence-corrected chi connectivity index (χ4v) is 2.98. The lowest BCUT2D eigenvalue weighted by atomic mass is 9.79. The highest BCUT2D eigenvalue weighted by Gasteiger charge is 2.38. The molecule has 1 aliphatic carbocycles. The number of aliphatic hydroxyl groups is 1. The van der Waals surface area contributed by atoms with Gasteiger partial charge in [-0.05, 0) is 31.6 Å². The number of hydrogen-bond acceptors (Lipinski definition) is 3. The Balaban J connectivity index is 2.04. The molecule has 2 fully saturated rings. The number of ether oxygens (including phenoxy) is 1. The molecule has 2 aliphatic rings. The summed E-state index contributed by atoms with van der Waals surface area (Å²) >= 11 is 0. The van der Waals surface area contributed by atoms with E-state index in [9.17, 15) is 9.90 Å². The van der Waals surface area contributed by atoms with Gasteiger partial charge in [0.1, 0.15) is 6.61 Å². The van der Waals surface area contributed by atoms with E-state index in [0.29, 0.717) is 19.1 Å². The zero-order valence-electron chi connectivity index (χ0n) is 9.89. The fraction of sp³-hybridized carbons (Fsp3) is 0.917. The van der Waals surface area contributed by atoms with Crippen LogP contribution in [0.25, 0.3) is 0 Å². The van der Waals surface area contributed by atoms with Crippen molar-refractivity contribution < 1.29 is 14.6 Å². The molecule has 0 aromatic heterocycles. The summed E-state index contributed by atoms with van der Waals surface area (Å²) in [5.74, 6) is 0.541. The molecule has 1 amide bonds. The van der Waals surface area contributed by atoms with Crippen LogP contribution in [0, 0.1) is 5.92 Å². The van der Waals surface area contributed by atoms with Gasteiger partial charge in [-0.25, -0.2) is 4.79 Å². The van der Waals surface area contributed by atoms with Gasteiger partial charge in [-0.2, -0.15) is 0 Å². The van der Waals surface area contributed by atoms with E-state index in [1.165, 1.54) is 0 Å². The van der Waals surface area contributed by atoms with E-state index in [2.05, 4.69) is 6.92 Å². The molecule has 0 aromatic carbocycles. The molecule has 4 heteroatoms. The molecule has 2 rings (SSSR count). The van der Waals surface area contributed by atoms with E-state index in [4.69, 9.17) is 4.74 Å². The highest BCUT2D eigenvalue weighted by molar-refractivity contribution is 5.69. The first kappa shape index (κ1) is 11.7. The van der Waals surface area contributed by atoms with Crippen LogP contribution in [0.5, 0.6) is 0 Å². The van der Waals surface area contributed by atoms with Crippen LogP contribution in [0.4, 0.5) is 4.79 Å². The average molecular weight is 227 g/mol. The molecule has 1 N–H and O–H groups in total. The van der Waals surface area contributed by atoms with Gasteiger partial charge < -0.3 is 14.7 Å². The van der Waals surface area contributed by atoms with Crippen molar-refractivity contribution in [3.05, 3.63) is 0 Å². The lowest BCUT2D eigenvalue weighted by molar-refractivity contribution is 0.0424. The van der Waals surface area contributed by atoms with Gasteiger partial charge >= 0.3 is 6.09 Å². The van der Waals surface area contributed by atoms with Gasteiger partial charge in [-0.3, -0.25) is 0 Å². The number of hydrogen-bond donors (Lipinski definition) is 1. The molecule has 1 saturated heterocycles. The first-order valence-corrected chi connectivity index (χ1v) is 6.33. The second-order valence-electron chi connectivity index (χ2n) is 4.89. The predicted molar refractivity (Wildman–Crippen MR) is 60.1 cm³/mol. The highest BCUT2D eigenvalue weighted by Crippen LogP contribution is 2.33. The quantitative estimate of drug-likeness (QED) is 0.799. The maximum Gasteiger partial charge on any atom is 0.410 e. The number of amides is 1. The number of carbonyl (C=O) groups is 1. The predicted octanol–water partition coefficient (Wildman–Crippen LogP) is 1.77. The Labute approximate surface area is 96.6 Å². The molecule has 4 nitrogen and oxygen atoms in total. The SMILES string of the molecule is CCCC1CCC(O)CC1N1CCOC1=O. The topological polar surface area (TPSA) is 49.8 Å². The summed E-state index contributed by atoms with van der Waals surface area (Å²) in [7, 11) is 0. The molecule has 0 radical (unpaired) electrons. The zero-order chi connectivity index (χ0) is 11.5. The molecule has 0 aromatic rings. The van der Waals surface area contributed by atoms with Gasteiger partial charge in [-0.1, -0.05) is 13.3 Å². The number of cyclic esters (lactones) is 1. The van der Waals surface area contributed by atoms with E-state index in [1.54, 1.807) is 0 Å². The molecule has 0 bridgehead atoms. The number of aliphatic hydroxyl groups excluding tert-OH is 1. The maximum atomic E-state index is 11.6. The standard InChI is InChI=1S/C12H21NO3/c1-2-3-9-4-5-10(14)8-11(9)13-6-7-16-12(13)15/h9-11,14H,2-8H2,1H3. The van der Waals surface area contributed by atoms with Crippen LogP contribution in [0.1, 0.15) is 39.0 Å². The highest BCUT2D eigenvalue weighted by atomic mass is 16.6. The molecule has 1 saturated carbocycles. The second kappa shape index (κ2) is 5.04. The summed E-state index contributed by atoms with van der Waals surface area (Å²) in [6, 6.07) is 0.193. The van der Waals surface area contributed by atoms with Gasteiger partial charge in [0.05, 0.1) is 12.6 Å². The van der Waals surface area contributed by atoms with Crippen molar-refractivity contribution in [3.63, 3.8) is 0 Å². The molecular formula is C12H21NO3. The summed E-state index contributed by atoms with van der Waals surface area (Å²) < 4.78 is 4.99. The van der Waals surface area contributed by atoms with E-state index in [-0.39, 0.29) is 18.2 Å². The second-order valence-corrected chi connectivity index (χ2v) is 4.89. The molecule has 3 unspecified atom stereocenters. The molecule has 1 heterocycles. The first-order valence-electron chi connectivity index (χ1n) is 6.33. The molecule has 16 heavy (non-hydrogen) atoms. The van der Waals surface area contributed by atoms with Crippen LogP contribution in [-0.4, -0.2) is 41.4 Å². The Hall–Kier alpha value is -0.770. The Morgan fingerprint density at radius 3 is 2.94 bits per heavy atom. The summed E-state index contributed by atoms with van der Waals surface area (Å²) in [5.41, 5.74) is 0. The van der Waals surface area contributed by atoms with Crippen molar-refractivity contribution in [2.24, 2.45) is 5.92 Å². The minimum atomic E-state index is -0.244. The summed E-state index contributed by atoms with van der Waals surface area (Å²) in [6.45, 7) is 3.37. The fourth-order valence-electron chi connectivity index (χ4n) is 2.98. The van der Waals surface area contributed by atoms with Crippen molar-refractivity contribution >= 4 is 6.09 Å². The lowest BCUT2D eigenvalue weighted by Gasteiger charge is -2.38. The molecule has 0 spiro atoms. The normalized spacial score (nSPS) is 35.2. The third-order valence-corrected chi connectivity index (χ3v) is 3.78. The van der Waals surface area contributed by atoms with E-state index < -0.39 is 0 Å². The maximum absolute atomic E-state index is 11.6. The van der Waals surface area contributed by atoms with Crippen molar-refractivity contribution in [2.45, 2.75) is 51.2 Å². The van der Waals surface area contributed by atoms with Gasteiger partial charge in [-0.15, -0.1) is 0 Å². The third-order valence-electron chi connectivity index (χ3n) is 3.78. The average Bonchev–Trinajstić information content (AvgIpc) is 2.67. The lowest BCUT2D eigenvalue weighted by Crippen LogP contribution is -2.46. The Kier molecular flexibility index (Phi) is 3.69. The van der Waals surface area contributed by atoms with Gasteiger partial charge in [0.2, 0.25) is 0 Å². The van der Waals surface area contributed by atoms with Crippen molar-refractivity contribution in [1.29, 1.82) is 0 Å². The van der Waals surface area contributed by atoms with Crippen molar-refractivity contribution in [1.82, 2.24) is 4.90 Å². The molecular weight excluding hydrogens is 206 g/mol. The van der Waals surface area contributed by atoms with Crippen LogP contribution < -0.4 is 0 Å².